The van der Waals surface area contributed by atoms with Crippen LogP contribution in [0.3, 0.4) is 0 Å². The Hall–Kier alpha value is -2.53. The number of nitrogens with one attached hydrogen (secondary N) is 1. The van der Waals surface area contributed by atoms with Gasteiger partial charge in [0, 0.05) is 29.4 Å². The summed E-state index contributed by atoms with van der Waals surface area (Å²) in [5.74, 6) is 1.04. The number of amides is 2. The number of ether oxygens (including phenoxy) is 1. The third-order valence-electron chi connectivity index (χ3n) is 4.67. The van der Waals surface area contributed by atoms with Crippen LogP contribution in [0.5, 0.6) is 5.75 Å². The van der Waals surface area contributed by atoms with Crippen LogP contribution in [0.4, 0.5) is 5.69 Å². The summed E-state index contributed by atoms with van der Waals surface area (Å²) in [6.45, 7) is 3.73. The fourth-order valence-corrected chi connectivity index (χ4v) is 3.09. The van der Waals surface area contributed by atoms with Crippen LogP contribution in [-0.4, -0.2) is 36.4 Å². The average Bonchev–Trinajstić information content (AvgIpc) is 2.68. The number of rotatable bonds is 5. The molecule has 0 spiro atoms. The third-order valence-corrected chi connectivity index (χ3v) is 4.92. The molecule has 5 nitrogen and oxygen atoms in total. The second-order valence-corrected chi connectivity index (χ2v) is 7.28. The number of carbonyl (C=O) groups excluding carboxylic acids is 2. The minimum absolute atomic E-state index is 0.0471. The SMILES string of the molecule is CC1CCN(C(=O)c2ccc(NC(=O)COc3ccc(Cl)cc3)cc2)CC1. The predicted molar refractivity (Wildman–Crippen MR) is 106 cm³/mol. The molecule has 1 N–H and O–H groups in total. The maximum Gasteiger partial charge on any atom is 0.262 e. The summed E-state index contributed by atoms with van der Waals surface area (Å²) < 4.78 is 5.41. The molecule has 1 aliphatic heterocycles. The number of anilines is 1. The van der Waals surface area contributed by atoms with E-state index in [0.29, 0.717) is 27.9 Å². The van der Waals surface area contributed by atoms with Gasteiger partial charge in [-0.05, 0) is 67.3 Å². The predicted octanol–water partition coefficient (Wildman–Crippen LogP) is 4.23. The van der Waals surface area contributed by atoms with E-state index < -0.39 is 0 Å². The van der Waals surface area contributed by atoms with Crippen molar-refractivity contribution >= 4 is 29.1 Å². The molecule has 0 saturated carbocycles. The molecule has 0 atom stereocenters. The molecule has 2 amide bonds. The monoisotopic (exact) mass is 386 g/mol. The maximum absolute atomic E-state index is 12.5. The number of likely N-dealkylation sites (tertiary alicyclic amines) is 1. The largest absolute Gasteiger partial charge is 0.484 e. The second-order valence-electron chi connectivity index (χ2n) is 6.84. The van der Waals surface area contributed by atoms with Gasteiger partial charge in [0.1, 0.15) is 5.75 Å². The van der Waals surface area contributed by atoms with Gasteiger partial charge in [0.05, 0.1) is 0 Å². The number of benzene rings is 2. The molecule has 0 bridgehead atoms. The van der Waals surface area contributed by atoms with Gasteiger partial charge >= 0.3 is 0 Å². The van der Waals surface area contributed by atoms with Gasteiger partial charge in [-0.25, -0.2) is 0 Å². The summed E-state index contributed by atoms with van der Waals surface area (Å²) in [6.07, 6.45) is 2.10. The summed E-state index contributed by atoms with van der Waals surface area (Å²) in [5, 5.41) is 3.37. The minimum atomic E-state index is -0.269. The lowest BCUT2D eigenvalue weighted by molar-refractivity contribution is -0.118. The Kier molecular flexibility index (Phi) is 6.35. The van der Waals surface area contributed by atoms with Gasteiger partial charge in [0.15, 0.2) is 6.61 Å². The van der Waals surface area contributed by atoms with E-state index >= 15 is 0 Å². The van der Waals surface area contributed by atoms with E-state index in [4.69, 9.17) is 16.3 Å². The quantitative estimate of drug-likeness (QED) is 0.836. The van der Waals surface area contributed by atoms with Gasteiger partial charge < -0.3 is 15.0 Å². The lowest BCUT2D eigenvalue weighted by Crippen LogP contribution is -2.37. The number of hydrogen-bond donors (Lipinski definition) is 1. The molecule has 2 aromatic rings. The van der Waals surface area contributed by atoms with Gasteiger partial charge in [-0.1, -0.05) is 18.5 Å². The molecular formula is C21H23ClN2O3. The van der Waals surface area contributed by atoms with Crippen molar-refractivity contribution in [3.05, 3.63) is 59.1 Å². The Labute approximate surface area is 164 Å². The molecule has 27 heavy (non-hydrogen) atoms. The van der Waals surface area contributed by atoms with Crippen molar-refractivity contribution in [3.63, 3.8) is 0 Å². The van der Waals surface area contributed by atoms with Crippen LogP contribution < -0.4 is 10.1 Å². The van der Waals surface area contributed by atoms with Crippen LogP contribution >= 0.6 is 11.6 Å². The van der Waals surface area contributed by atoms with Crippen molar-refractivity contribution in [1.82, 2.24) is 4.90 Å². The van der Waals surface area contributed by atoms with E-state index in [1.54, 1.807) is 48.5 Å². The van der Waals surface area contributed by atoms with Crippen molar-refractivity contribution < 1.29 is 14.3 Å². The molecule has 0 aliphatic carbocycles. The van der Waals surface area contributed by atoms with Gasteiger partial charge in [0.25, 0.3) is 11.8 Å². The van der Waals surface area contributed by atoms with Crippen molar-refractivity contribution in [2.75, 3.05) is 25.0 Å². The Balaban J connectivity index is 1.50. The molecule has 1 fully saturated rings. The molecule has 142 valence electrons. The summed E-state index contributed by atoms with van der Waals surface area (Å²) in [4.78, 5) is 26.4. The third kappa shape index (κ3) is 5.47. The first-order valence-corrected chi connectivity index (χ1v) is 9.46. The molecule has 3 rings (SSSR count). The molecule has 0 aromatic heterocycles. The van der Waals surface area contributed by atoms with Crippen LogP contribution in [0.2, 0.25) is 5.02 Å². The molecule has 6 heteroatoms. The Morgan fingerprint density at radius 2 is 1.70 bits per heavy atom. The number of nitrogens with zero attached hydrogens (tertiary/aromatic N) is 1. The zero-order chi connectivity index (χ0) is 19.2. The van der Waals surface area contributed by atoms with Gasteiger partial charge in [-0.3, -0.25) is 9.59 Å². The highest BCUT2D eigenvalue weighted by Gasteiger charge is 2.21. The Morgan fingerprint density at radius 3 is 2.33 bits per heavy atom. The number of hydrogen-bond acceptors (Lipinski definition) is 3. The van der Waals surface area contributed by atoms with Gasteiger partial charge in [-0.2, -0.15) is 0 Å². The van der Waals surface area contributed by atoms with E-state index in [-0.39, 0.29) is 18.4 Å². The van der Waals surface area contributed by atoms with Crippen LogP contribution in [0.1, 0.15) is 30.1 Å². The van der Waals surface area contributed by atoms with Crippen molar-refractivity contribution in [2.45, 2.75) is 19.8 Å². The molecule has 0 unspecified atom stereocenters. The molecule has 0 radical (unpaired) electrons. The van der Waals surface area contributed by atoms with Gasteiger partial charge in [0.2, 0.25) is 0 Å². The highest BCUT2D eigenvalue weighted by Crippen LogP contribution is 2.19. The van der Waals surface area contributed by atoms with Crippen LogP contribution in [0, 0.1) is 5.92 Å². The first-order chi connectivity index (χ1) is 13.0. The maximum atomic E-state index is 12.5. The van der Waals surface area contributed by atoms with E-state index in [1.807, 2.05) is 4.90 Å². The highest BCUT2D eigenvalue weighted by atomic mass is 35.5. The van der Waals surface area contributed by atoms with Crippen molar-refractivity contribution in [1.29, 1.82) is 0 Å². The first kappa shape index (κ1) is 19.2. The normalized spacial score (nSPS) is 14.7. The molecule has 1 aliphatic rings. The Morgan fingerprint density at radius 1 is 1.07 bits per heavy atom. The summed E-state index contributed by atoms with van der Waals surface area (Å²) >= 11 is 5.81. The fourth-order valence-electron chi connectivity index (χ4n) is 2.97. The summed E-state index contributed by atoms with van der Waals surface area (Å²) in [6, 6.07) is 13.8. The van der Waals surface area contributed by atoms with Crippen LogP contribution in [0.25, 0.3) is 0 Å². The average molecular weight is 387 g/mol. The first-order valence-electron chi connectivity index (χ1n) is 9.09. The van der Waals surface area contributed by atoms with Crippen LogP contribution in [-0.2, 0) is 4.79 Å². The van der Waals surface area contributed by atoms with Crippen molar-refractivity contribution in [3.8, 4) is 5.75 Å². The number of piperidine rings is 1. The Bertz CT molecular complexity index is 782. The van der Waals surface area contributed by atoms with Gasteiger partial charge in [-0.15, -0.1) is 0 Å². The zero-order valence-electron chi connectivity index (χ0n) is 15.3. The smallest absolute Gasteiger partial charge is 0.262 e. The van der Waals surface area contributed by atoms with E-state index in [1.165, 1.54) is 0 Å². The molecule has 1 heterocycles. The molecule has 2 aromatic carbocycles. The summed E-state index contributed by atoms with van der Waals surface area (Å²) in [7, 11) is 0. The molecule has 1 saturated heterocycles. The topological polar surface area (TPSA) is 58.6 Å². The van der Waals surface area contributed by atoms with E-state index in [0.717, 1.165) is 25.9 Å². The highest BCUT2D eigenvalue weighted by molar-refractivity contribution is 6.30. The van der Waals surface area contributed by atoms with Crippen molar-refractivity contribution in [2.24, 2.45) is 5.92 Å². The number of carbonyl (C=O) groups is 2. The lowest BCUT2D eigenvalue weighted by atomic mass is 9.98. The zero-order valence-corrected chi connectivity index (χ0v) is 16.0. The number of halogens is 1. The van der Waals surface area contributed by atoms with E-state index in [2.05, 4.69) is 12.2 Å². The summed E-state index contributed by atoms with van der Waals surface area (Å²) in [5.41, 5.74) is 1.27. The fraction of sp³-hybridized carbons (Fsp3) is 0.333. The lowest BCUT2D eigenvalue weighted by Gasteiger charge is -2.30. The van der Waals surface area contributed by atoms with Crippen LogP contribution in [0.15, 0.2) is 48.5 Å². The van der Waals surface area contributed by atoms with E-state index in [9.17, 15) is 9.59 Å². The molecular weight excluding hydrogens is 364 g/mol. The second kappa shape index (κ2) is 8.91. The standard InChI is InChI=1S/C21H23ClN2O3/c1-15-10-12-24(13-11-15)21(26)16-2-6-18(7-3-16)23-20(25)14-27-19-8-4-17(22)5-9-19/h2-9,15H,10-14H2,1H3,(H,23,25). The minimum Gasteiger partial charge on any atom is -0.484 e.